The molecule has 1 atom stereocenters. The molecule has 0 saturated heterocycles. The summed E-state index contributed by atoms with van der Waals surface area (Å²) in [5.41, 5.74) is 1.87. The molecule has 6 rings (SSSR count). The molecule has 3 saturated carbocycles. The molecule has 8 heteroatoms. The fourth-order valence-electron chi connectivity index (χ4n) is 4.35. The highest BCUT2D eigenvalue weighted by atomic mass is 32.2. The Kier molecular flexibility index (Phi) is 4.24. The van der Waals surface area contributed by atoms with Crippen molar-refractivity contribution in [1.29, 1.82) is 0 Å². The van der Waals surface area contributed by atoms with Crippen LogP contribution in [0, 0.1) is 5.92 Å². The van der Waals surface area contributed by atoms with Gasteiger partial charge in [0, 0.05) is 24.2 Å². The molecule has 2 bridgehead atoms. The van der Waals surface area contributed by atoms with E-state index >= 15 is 0 Å². The number of fused-ring (bicyclic) bond motifs is 1. The first-order chi connectivity index (χ1) is 14.2. The summed E-state index contributed by atoms with van der Waals surface area (Å²) >= 11 is -1.48. The Hall–Kier alpha value is -2.45. The van der Waals surface area contributed by atoms with Gasteiger partial charge in [-0.05, 0) is 63.5 Å². The molecule has 3 aliphatic rings. The van der Waals surface area contributed by atoms with Gasteiger partial charge in [-0.1, -0.05) is 21.7 Å². The van der Waals surface area contributed by atoms with Gasteiger partial charge in [0.15, 0.2) is 5.71 Å². The summed E-state index contributed by atoms with van der Waals surface area (Å²) in [7, 11) is 1.73. The second kappa shape index (κ2) is 6.52. The van der Waals surface area contributed by atoms with Crippen LogP contribution in [0.5, 0.6) is 0 Å². The zero-order chi connectivity index (χ0) is 21.3. The minimum atomic E-state index is -1.48. The lowest BCUT2D eigenvalue weighted by molar-refractivity contribution is -0.0988. The molecule has 3 aromatic rings. The van der Waals surface area contributed by atoms with Crippen LogP contribution < -0.4 is 5.56 Å². The summed E-state index contributed by atoms with van der Waals surface area (Å²) in [5, 5.41) is 10.2. The fraction of sp³-hybridized carbons (Fsp3) is 0.455. The molecule has 156 valence electrons. The molecular weight excluding hydrogens is 398 g/mol. The van der Waals surface area contributed by atoms with Gasteiger partial charge in [0.05, 0.1) is 11.7 Å². The molecule has 1 aromatic carbocycles. The number of nitrogens with zero attached hydrogens (tertiary/aromatic N) is 5. The van der Waals surface area contributed by atoms with Gasteiger partial charge in [0.2, 0.25) is 0 Å². The molecule has 7 nitrogen and oxygen atoms in total. The lowest BCUT2D eigenvalue weighted by Gasteiger charge is -2.61. The molecule has 0 unspecified atom stereocenters. The fourth-order valence-corrected chi connectivity index (χ4v) is 4.98. The lowest BCUT2D eigenvalue weighted by Crippen LogP contribution is -2.59. The van der Waals surface area contributed by atoms with Crippen molar-refractivity contribution in [3.05, 3.63) is 58.3 Å². The predicted molar refractivity (Wildman–Crippen MR) is 118 cm³/mol. The molecule has 3 aliphatic carbocycles. The Labute approximate surface area is 178 Å². The van der Waals surface area contributed by atoms with Gasteiger partial charge in [-0.2, -0.15) is 0 Å². The molecule has 0 aliphatic heterocycles. The van der Waals surface area contributed by atoms with Crippen molar-refractivity contribution in [2.75, 3.05) is 0 Å². The Morgan fingerprint density at radius 3 is 2.60 bits per heavy atom. The van der Waals surface area contributed by atoms with Gasteiger partial charge in [0.25, 0.3) is 5.56 Å². The van der Waals surface area contributed by atoms with E-state index in [4.69, 9.17) is 0 Å². The SMILES string of the molecule is Cn1ccc2c(/C(=N\[S@@+]([O-])C(C)(C)C)c3cn(C45CC(C4)C5)nn3)cccc2c1=O. The molecule has 3 fully saturated rings. The minimum absolute atomic E-state index is 0.0804. The van der Waals surface area contributed by atoms with E-state index in [0.717, 1.165) is 36.1 Å². The van der Waals surface area contributed by atoms with Crippen LogP contribution >= 0.6 is 0 Å². The number of rotatable bonds is 4. The number of benzene rings is 1. The number of aromatic nitrogens is 4. The van der Waals surface area contributed by atoms with E-state index in [0.29, 0.717) is 16.8 Å². The van der Waals surface area contributed by atoms with Gasteiger partial charge < -0.3 is 9.12 Å². The number of pyridine rings is 1. The molecule has 0 N–H and O–H groups in total. The average Bonchev–Trinajstić information content (AvgIpc) is 3.08. The molecule has 0 spiro atoms. The van der Waals surface area contributed by atoms with Crippen molar-refractivity contribution in [3.8, 4) is 0 Å². The summed E-state index contributed by atoms with van der Waals surface area (Å²) in [6.07, 6.45) is 7.13. The Morgan fingerprint density at radius 2 is 1.97 bits per heavy atom. The van der Waals surface area contributed by atoms with E-state index in [2.05, 4.69) is 14.7 Å². The number of aryl methyl sites for hydroxylation is 1. The van der Waals surface area contributed by atoms with Crippen molar-refractivity contribution in [2.24, 2.45) is 17.4 Å². The molecule has 2 aromatic heterocycles. The maximum absolute atomic E-state index is 13.0. The minimum Gasteiger partial charge on any atom is -0.591 e. The summed E-state index contributed by atoms with van der Waals surface area (Å²) in [5.74, 6) is 0.827. The highest BCUT2D eigenvalue weighted by Crippen LogP contribution is 2.61. The van der Waals surface area contributed by atoms with E-state index in [1.54, 1.807) is 23.9 Å². The largest absolute Gasteiger partial charge is 0.591 e. The monoisotopic (exact) mass is 423 g/mol. The van der Waals surface area contributed by atoms with E-state index < -0.39 is 16.1 Å². The summed E-state index contributed by atoms with van der Waals surface area (Å²) in [4.78, 5) is 12.6. The van der Waals surface area contributed by atoms with E-state index in [9.17, 15) is 9.35 Å². The Balaban J connectivity index is 1.68. The number of hydrogen-bond acceptors (Lipinski definition) is 5. The quantitative estimate of drug-likeness (QED) is 0.477. The predicted octanol–water partition coefficient (Wildman–Crippen LogP) is 2.94. The Morgan fingerprint density at radius 1 is 1.23 bits per heavy atom. The van der Waals surface area contributed by atoms with Crippen LogP contribution in [-0.4, -0.2) is 34.6 Å². The normalized spacial score (nSPS) is 24.4. The van der Waals surface area contributed by atoms with Crippen LogP contribution in [0.4, 0.5) is 0 Å². The van der Waals surface area contributed by atoms with Crippen LogP contribution in [-0.2, 0) is 23.9 Å². The molecule has 0 radical (unpaired) electrons. The third-order valence-corrected chi connectivity index (χ3v) is 7.70. The van der Waals surface area contributed by atoms with Gasteiger partial charge in [0.1, 0.15) is 21.8 Å². The average molecular weight is 424 g/mol. The number of hydrogen-bond donors (Lipinski definition) is 0. The molecular formula is C22H25N5O2S. The second-order valence-corrected chi connectivity index (χ2v) is 11.5. The molecule has 2 heterocycles. The molecule has 0 amide bonds. The van der Waals surface area contributed by atoms with Crippen LogP contribution in [0.25, 0.3) is 10.8 Å². The van der Waals surface area contributed by atoms with Gasteiger partial charge >= 0.3 is 0 Å². The summed E-state index contributed by atoms with van der Waals surface area (Å²) < 4.78 is 20.6. The topological polar surface area (TPSA) is 88.1 Å². The second-order valence-electron chi connectivity index (χ2n) is 9.55. The smallest absolute Gasteiger partial charge is 0.258 e. The van der Waals surface area contributed by atoms with Gasteiger partial charge in [-0.3, -0.25) is 4.79 Å². The lowest BCUT2D eigenvalue weighted by atomic mass is 9.50. The molecule has 30 heavy (non-hydrogen) atoms. The standard InChI is InChI=1S/C22H25N5O2S/c1-21(2,3)30(29)24-19(18-13-27(25-23-18)22-10-14(11-22)12-22)16-6-5-7-17-15(16)8-9-26(4)20(17)28/h5-9,13-14H,10-12H2,1-4H3/b24-19+/t14?,22?,30-/m0/s1. The highest BCUT2D eigenvalue weighted by molar-refractivity contribution is 7.91. The first-order valence-electron chi connectivity index (χ1n) is 10.2. The highest BCUT2D eigenvalue weighted by Gasteiger charge is 2.58. The van der Waals surface area contributed by atoms with Crippen LogP contribution in [0.2, 0.25) is 0 Å². The van der Waals surface area contributed by atoms with Gasteiger partial charge in [-0.15, -0.1) is 5.10 Å². The van der Waals surface area contributed by atoms with Crippen molar-refractivity contribution >= 4 is 27.8 Å². The van der Waals surface area contributed by atoms with E-state index in [1.807, 2.05) is 49.8 Å². The van der Waals surface area contributed by atoms with E-state index in [1.165, 1.54) is 0 Å². The maximum atomic E-state index is 13.0. The van der Waals surface area contributed by atoms with Crippen LogP contribution in [0.1, 0.15) is 51.3 Å². The zero-order valence-electron chi connectivity index (χ0n) is 17.6. The van der Waals surface area contributed by atoms with E-state index in [-0.39, 0.29) is 11.1 Å². The van der Waals surface area contributed by atoms with Crippen molar-refractivity contribution < 1.29 is 4.55 Å². The van der Waals surface area contributed by atoms with Crippen molar-refractivity contribution in [3.63, 3.8) is 0 Å². The third-order valence-electron chi connectivity index (χ3n) is 6.30. The first-order valence-corrected chi connectivity index (χ1v) is 11.3. The summed E-state index contributed by atoms with van der Waals surface area (Å²) in [6.45, 7) is 5.67. The van der Waals surface area contributed by atoms with Crippen LogP contribution in [0.3, 0.4) is 0 Å². The zero-order valence-corrected chi connectivity index (χ0v) is 18.4. The Bertz CT molecular complexity index is 1220. The van der Waals surface area contributed by atoms with Crippen molar-refractivity contribution in [1.82, 2.24) is 19.6 Å². The maximum Gasteiger partial charge on any atom is 0.258 e. The first kappa shape index (κ1) is 19.5. The van der Waals surface area contributed by atoms with Gasteiger partial charge in [-0.25, -0.2) is 4.68 Å². The van der Waals surface area contributed by atoms with Crippen molar-refractivity contribution in [2.45, 2.75) is 50.3 Å². The van der Waals surface area contributed by atoms with Crippen LogP contribution in [0.15, 0.2) is 45.9 Å². The summed E-state index contributed by atoms with van der Waals surface area (Å²) in [6, 6.07) is 7.44. The third kappa shape index (κ3) is 2.93.